The van der Waals surface area contributed by atoms with Crippen molar-refractivity contribution in [2.24, 2.45) is 0 Å². The molecule has 1 aliphatic heterocycles. The van der Waals surface area contributed by atoms with Gasteiger partial charge in [-0.15, -0.1) is 0 Å². The van der Waals surface area contributed by atoms with Crippen LogP contribution in [-0.2, 0) is 11.3 Å². The van der Waals surface area contributed by atoms with Gasteiger partial charge in [0.05, 0.1) is 0 Å². The molecule has 1 aliphatic rings. The molecule has 0 aliphatic carbocycles. The minimum absolute atomic E-state index is 0.188. The van der Waals surface area contributed by atoms with E-state index in [2.05, 4.69) is 17.3 Å². The first kappa shape index (κ1) is 24.7. The molecule has 0 radical (unpaired) electrons. The third-order valence-electron chi connectivity index (χ3n) is 6.03. The van der Waals surface area contributed by atoms with E-state index in [4.69, 9.17) is 14.2 Å². The van der Waals surface area contributed by atoms with Gasteiger partial charge in [-0.1, -0.05) is 18.2 Å². The molecule has 0 spiro atoms. The zero-order chi connectivity index (χ0) is 24.5. The van der Waals surface area contributed by atoms with Gasteiger partial charge in [-0.2, -0.15) is 0 Å². The van der Waals surface area contributed by atoms with Crippen LogP contribution in [0.15, 0.2) is 72.8 Å². The van der Waals surface area contributed by atoms with E-state index in [0.29, 0.717) is 36.3 Å². The van der Waals surface area contributed by atoms with Crippen molar-refractivity contribution in [3.63, 3.8) is 0 Å². The monoisotopic (exact) mass is 478 g/mol. The second-order valence-electron chi connectivity index (χ2n) is 8.59. The summed E-state index contributed by atoms with van der Waals surface area (Å²) in [6.45, 7) is 3.50. The first-order valence-electron chi connectivity index (χ1n) is 11.9. The fourth-order valence-corrected chi connectivity index (χ4v) is 3.99. The highest BCUT2D eigenvalue weighted by atomic mass is 19.1. The van der Waals surface area contributed by atoms with Crippen LogP contribution in [0.5, 0.6) is 17.2 Å². The van der Waals surface area contributed by atoms with Crippen molar-refractivity contribution in [2.75, 3.05) is 33.4 Å². The highest BCUT2D eigenvalue weighted by Crippen LogP contribution is 2.22. The van der Waals surface area contributed by atoms with Crippen LogP contribution in [0.1, 0.15) is 28.8 Å². The second kappa shape index (κ2) is 12.3. The normalized spacial score (nSPS) is 14.0. The Hall–Kier alpha value is -3.42. The van der Waals surface area contributed by atoms with Gasteiger partial charge in [-0.25, -0.2) is 4.39 Å². The van der Waals surface area contributed by atoms with Crippen LogP contribution in [0, 0.1) is 5.82 Å². The Labute approximate surface area is 205 Å². The van der Waals surface area contributed by atoms with Gasteiger partial charge >= 0.3 is 0 Å². The van der Waals surface area contributed by atoms with Crippen molar-refractivity contribution in [2.45, 2.75) is 25.4 Å². The van der Waals surface area contributed by atoms with E-state index in [1.807, 2.05) is 24.3 Å². The van der Waals surface area contributed by atoms with E-state index in [9.17, 15) is 9.18 Å². The highest BCUT2D eigenvalue weighted by molar-refractivity contribution is 5.94. The van der Waals surface area contributed by atoms with Crippen molar-refractivity contribution in [1.82, 2.24) is 10.2 Å². The number of likely N-dealkylation sites (N-methyl/N-ethyl adjacent to an activating group) is 1. The molecule has 4 rings (SSSR count). The number of carbonyl (C=O) groups is 1. The summed E-state index contributed by atoms with van der Waals surface area (Å²) in [5, 5.41) is 2.93. The van der Waals surface area contributed by atoms with Crippen LogP contribution in [-0.4, -0.2) is 50.3 Å². The van der Waals surface area contributed by atoms with Crippen LogP contribution >= 0.6 is 0 Å². The molecule has 0 bridgehead atoms. The number of hydrogen-bond donors (Lipinski definition) is 1. The summed E-state index contributed by atoms with van der Waals surface area (Å²) in [6.07, 6.45) is 2.13. The van der Waals surface area contributed by atoms with Gasteiger partial charge in [-0.05, 0) is 74.0 Å². The Bertz CT molecular complexity index is 1100. The van der Waals surface area contributed by atoms with E-state index in [0.717, 1.165) is 43.9 Å². The van der Waals surface area contributed by atoms with Crippen molar-refractivity contribution < 1.29 is 23.4 Å². The number of nitrogens with one attached hydrogen (secondary N) is 1. The molecule has 6 nitrogen and oxygen atoms in total. The maximum atomic E-state index is 13.3. The third kappa shape index (κ3) is 7.53. The Morgan fingerprint density at radius 2 is 1.74 bits per heavy atom. The molecule has 0 saturated carbocycles. The minimum atomic E-state index is -0.365. The summed E-state index contributed by atoms with van der Waals surface area (Å²) < 4.78 is 30.3. The highest BCUT2D eigenvalue weighted by Gasteiger charge is 2.18. The lowest BCUT2D eigenvalue weighted by Gasteiger charge is -2.31. The first-order chi connectivity index (χ1) is 17.1. The SMILES string of the molecule is CN(CCOc1cccc(CNC(=O)c2ccc(Oc3cccc(F)c3)cc2)c1)C1CCOCC1. The lowest BCUT2D eigenvalue weighted by atomic mass is 10.1. The average molecular weight is 479 g/mol. The Balaban J connectivity index is 1.23. The van der Waals surface area contributed by atoms with Crippen molar-refractivity contribution >= 4 is 5.91 Å². The molecule has 3 aromatic rings. The molecule has 0 unspecified atom stereocenters. The van der Waals surface area contributed by atoms with Crippen LogP contribution in [0.2, 0.25) is 0 Å². The Kier molecular flexibility index (Phi) is 8.70. The fourth-order valence-electron chi connectivity index (χ4n) is 3.99. The molecule has 0 aromatic heterocycles. The Morgan fingerprint density at radius 3 is 2.51 bits per heavy atom. The number of amides is 1. The summed E-state index contributed by atoms with van der Waals surface area (Å²) in [4.78, 5) is 14.9. The molecule has 1 heterocycles. The predicted octanol–water partition coefficient (Wildman–Crippen LogP) is 5.04. The van der Waals surface area contributed by atoms with E-state index in [1.54, 1.807) is 36.4 Å². The van der Waals surface area contributed by atoms with Crippen LogP contribution in [0.25, 0.3) is 0 Å². The number of ether oxygens (including phenoxy) is 3. The zero-order valence-corrected chi connectivity index (χ0v) is 19.9. The first-order valence-corrected chi connectivity index (χ1v) is 11.9. The second-order valence-corrected chi connectivity index (χ2v) is 8.59. The number of carbonyl (C=O) groups excluding carboxylic acids is 1. The van der Waals surface area contributed by atoms with Gasteiger partial charge in [0.1, 0.15) is 29.7 Å². The van der Waals surface area contributed by atoms with E-state index in [-0.39, 0.29) is 11.7 Å². The van der Waals surface area contributed by atoms with Gasteiger partial charge in [0, 0.05) is 44.0 Å². The molecule has 1 saturated heterocycles. The molecular weight excluding hydrogens is 447 g/mol. The van der Waals surface area contributed by atoms with E-state index in [1.165, 1.54) is 12.1 Å². The third-order valence-corrected chi connectivity index (χ3v) is 6.03. The Morgan fingerprint density at radius 1 is 1.00 bits per heavy atom. The summed E-state index contributed by atoms with van der Waals surface area (Å²) in [7, 11) is 2.13. The van der Waals surface area contributed by atoms with Gasteiger partial charge in [-0.3, -0.25) is 9.69 Å². The number of halogens is 1. The van der Waals surface area contributed by atoms with Gasteiger partial charge in [0.2, 0.25) is 0 Å². The number of nitrogens with zero attached hydrogens (tertiary/aromatic N) is 1. The smallest absolute Gasteiger partial charge is 0.251 e. The number of hydrogen-bond acceptors (Lipinski definition) is 5. The maximum absolute atomic E-state index is 13.3. The predicted molar refractivity (Wildman–Crippen MR) is 132 cm³/mol. The minimum Gasteiger partial charge on any atom is -0.492 e. The van der Waals surface area contributed by atoms with Gasteiger partial charge < -0.3 is 19.5 Å². The number of rotatable bonds is 10. The largest absolute Gasteiger partial charge is 0.492 e. The molecular formula is C28H31FN2O4. The van der Waals surface area contributed by atoms with Crippen LogP contribution in [0.3, 0.4) is 0 Å². The zero-order valence-electron chi connectivity index (χ0n) is 19.9. The van der Waals surface area contributed by atoms with E-state index < -0.39 is 0 Å². The van der Waals surface area contributed by atoms with Crippen molar-refractivity contribution in [3.8, 4) is 17.2 Å². The lowest BCUT2D eigenvalue weighted by Crippen LogP contribution is -2.38. The molecule has 3 aromatic carbocycles. The van der Waals surface area contributed by atoms with Crippen LogP contribution in [0.4, 0.5) is 4.39 Å². The van der Waals surface area contributed by atoms with Crippen molar-refractivity contribution in [1.29, 1.82) is 0 Å². The standard InChI is InChI=1S/C28H31FN2O4/c1-31(24-12-15-33-16-13-24)14-17-34-26-6-2-4-21(18-26)20-30-28(32)22-8-10-25(11-9-22)35-27-7-3-5-23(29)19-27/h2-11,18-19,24H,12-17,20H2,1H3,(H,30,32). The summed E-state index contributed by atoms with van der Waals surface area (Å²) in [6, 6.07) is 21.0. The molecule has 0 atom stereocenters. The van der Waals surface area contributed by atoms with E-state index >= 15 is 0 Å². The van der Waals surface area contributed by atoms with Gasteiger partial charge in [0.15, 0.2) is 0 Å². The quantitative estimate of drug-likeness (QED) is 0.443. The molecule has 1 N–H and O–H groups in total. The average Bonchev–Trinajstić information content (AvgIpc) is 2.88. The summed E-state index contributed by atoms with van der Waals surface area (Å²) in [5.74, 6) is 1.16. The molecule has 35 heavy (non-hydrogen) atoms. The van der Waals surface area contributed by atoms with Crippen LogP contribution < -0.4 is 14.8 Å². The number of benzene rings is 3. The molecule has 7 heteroatoms. The lowest BCUT2D eigenvalue weighted by molar-refractivity contribution is 0.0392. The molecule has 184 valence electrons. The molecule has 1 fully saturated rings. The topological polar surface area (TPSA) is 60.0 Å². The van der Waals surface area contributed by atoms with Gasteiger partial charge in [0.25, 0.3) is 5.91 Å². The summed E-state index contributed by atoms with van der Waals surface area (Å²) in [5.41, 5.74) is 1.47. The molecule has 1 amide bonds. The fraction of sp³-hybridized carbons (Fsp3) is 0.321. The summed E-state index contributed by atoms with van der Waals surface area (Å²) >= 11 is 0. The maximum Gasteiger partial charge on any atom is 0.251 e. The van der Waals surface area contributed by atoms with Crippen molar-refractivity contribution in [3.05, 3.63) is 89.7 Å².